The molecule has 1 saturated heterocycles. The molecule has 2 fully saturated rings. The molecular weight excluding hydrogens is 288 g/mol. The molecule has 126 valence electrons. The topological polar surface area (TPSA) is 50.4 Å². The second-order valence-corrected chi connectivity index (χ2v) is 6.99. The SMILES string of the molecule is Cc1cccc(C2(CNC(=O)C3CNCCO3)CCCCC2)c1. The largest absolute Gasteiger partial charge is 0.366 e. The second-order valence-electron chi connectivity index (χ2n) is 6.99. The first-order chi connectivity index (χ1) is 11.2. The van der Waals surface area contributed by atoms with Crippen LogP contribution in [0.25, 0.3) is 0 Å². The van der Waals surface area contributed by atoms with E-state index in [9.17, 15) is 4.79 Å². The van der Waals surface area contributed by atoms with Gasteiger partial charge in [0.2, 0.25) is 5.91 Å². The van der Waals surface area contributed by atoms with E-state index in [1.54, 1.807) is 0 Å². The summed E-state index contributed by atoms with van der Waals surface area (Å²) in [6.45, 7) is 4.91. The molecule has 1 aromatic rings. The number of carbonyl (C=O) groups is 1. The van der Waals surface area contributed by atoms with Crippen LogP contribution in [-0.4, -0.2) is 38.3 Å². The fourth-order valence-corrected chi connectivity index (χ4v) is 3.87. The highest BCUT2D eigenvalue weighted by Crippen LogP contribution is 2.39. The fraction of sp³-hybridized carbons (Fsp3) is 0.632. The normalized spacial score (nSPS) is 24.1. The van der Waals surface area contributed by atoms with Gasteiger partial charge in [-0.3, -0.25) is 4.79 Å². The van der Waals surface area contributed by atoms with Crippen molar-refractivity contribution >= 4 is 5.91 Å². The quantitative estimate of drug-likeness (QED) is 0.896. The van der Waals surface area contributed by atoms with Crippen molar-refractivity contribution in [3.8, 4) is 0 Å². The first-order valence-electron chi connectivity index (χ1n) is 8.87. The predicted octanol–water partition coefficient (Wildman–Crippen LogP) is 2.30. The predicted molar refractivity (Wildman–Crippen MR) is 91.6 cm³/mol. The van der Waals surface area contributed by atoms with Crippen molar-refractivity contribution < 1.29 is 9.53 Å². The van der Waals surface area contributed by atoms with Crippen molar-refractivity contribution in [3.05, 3.63) is 35.4 Å². The maximum atomic E-state index is 12.4. The molecule has 1 saturated carbocycles. The number of hydrogen-bond acceptors (Lipinski definition) is 3. The van der Waals surface area contributed by atoms with Crippen LogP contribution >= 0.6 is 0 Å². The van der Waals surface area contributed by atoms with E-state index in [1.165, 1.54) is 30.4 Å². The zero-order chi connectivity index (χ0) is 16.1. The summed E-state index contributed by atoms with van der Waals surface area (Å²) in [5, 5.41) is 6.39. The van der Waals surface area contributed by atoms with Gasteiger partial charge in [0.15, 0.2) is 0 Å². The minimum atomic E-state index is -0.345. The molecule has 23 heavy (non-hydrogen) atoms. The zero-order valence-electron chi connectivity index (χ0n) is 14.1. The van der Waals surface area contributed by atoms with Gasteiger partial charge in [0, 0.05) is 25.0 Å². The molecule has 1 aliphatic heterocycles. The number of aryl methyl sites for hydroxylation is 1. The molecule has 4 heteroatoms. The van der Waals surface area contributed by atoms with Crippen molar-refractivity contribution in [2.75, 3.05) is 26.2 Å². The Morgan fingerprint density at radius 3 is 2.87 bits per heavy atom. The molecule has 0 spiro atoms. The summed E-state index contributed by atoms with van der Waals surface area (Å²) < 4.78 is 5.56. The van der Waals surface area contributed by atoms with Crippen LogP contribution in [0.15, 0.2) is 24.3 Å². The highest BCUT2D eigenvalue weighted by atomic mass is 16.5. The number of morpholine rings is 1. The average molecular weight is 316 g/mol. The Bertz CT molecular complexity index is 532. The maximum absolute atomic E-state index is 12.4. The lowest BCUT2D eigenvalue weighted by atomic mass is 9.69. The summed E-state index contributed by atoms with van der Waals surface area (Å²) in [5.74, 6) is 0.0230. The number of nitrogens with one attached hydrogen (secondary N) is 2. The molecule has 1 atom stereocenters. The average Bonchev–Trinajstić information content (AvgIpc) is 2.61. The van der Waals surface area contributed by atoms with Crippen LogP contribution in [0.5, 0.6) is 0 Å². The molecule has 0 bridgehead atoms. The minimum Gasteiger partial charge on any atom is -0.366 e. The van der Waals surface area contributed by atoms with E-state index >= 15 is 0 Å². The fourth-order valence-electron chi connectivity index (χ4n) is 3.87. The minimum absolute atomic E-state index is 0.0230. The van der Waals surface area contributed by atoms with Gasteiger partial charge in [-0.15, -0.1) is 0 Å². The van der Waals surface area contributed by atoms with Gasteiger partial charge in [-0.2, -0.15) is 0 Å². The lowest BCUT2D eigenvalue weighted by Crippen LogP contribution is -2.51. The van der Waals surface area contributed by atoms with Crippen LogP contribution in [0.1, 0.15) is 43.2 Å². The number of carbonyl (C=O) groups excluding carboxylic acids is 1. The van der Waals surface area contributed by atoms with E-state index < -0.39 is 0 Å². The highest BCUT2D eigenvalue weighted by molar-refractivity contribution is 5.81. The van der Waals surface area contributed by atoms with Crippen molar-refractivity contribution in [1.29, 1.82) is 0 Å². The highest BCUT2D eigenvalue weighted by Gasteiger charge is 2.35. The standard InChI is InChI=1S/C19H28N2O2/c1-15-6-5-7-16(12-15)19(8-3-2-4-9-19)14-21-18(22)17-13-20-10-11-23-17/h5-7,12,17,20H,2-4,8-11,13-14H2,1H3,(H,21,22). The van der Waals surface area contributed by atoms with Gasteiger partial charge in [-0.05, 0) is 25.3 Å². The summed E-state index contributed by atoms with van der Waals surface area (Å²) in [4.78, 5) is 12.4. The molecule has 0 radical (unpaired) electrons. The summed E-state index contributed by atoms with van der Waals surface area (Å²) in [5.41, 5.74) is 2.75. The third kappa shape index (κ3) is 3.93. The smallest absolute Gasteiger partial charge is 0.250 e. The van der Waals surface area contributed by atoms with Gasteiger partial charge >= 0.3 is 0 Å². The third-order valence-electron chi connectivity index (χ3n) is 5.26. The van der Waals surface area contributed by atoms with E-state index in [0.717, 1.165) is 25.9 Å². The van der Waals surface area contributed by atoms with Gasteiger partial charge in [0.25, 0.3) is 0 Å². The van der Waals surface area contributed by atoms with E-state index in [1.807, 2.05) is 0 Å². The zero-order valence-corrected chi connectivity index (χ0v) is 14.1. The Morgan fingerprint density at radius 2 is 2.17 bits per heavy atom. The molecule has 4 nitrogen and oxygen atoms in total. The Labute approximate surface area is 139 Å². The number of amides is 1. The van der Waals surface area contributed by atoms with Gasteiger partial charge in [0.05, 0.1) is 6.61 Å². The maximum Gasteiger partial charge on any atom is 0.250 e. The van der Waals surface area contributed by atoms with Crippen molar-refractivity contribution in [1.82, 2.24) is 10.6 Å². The van der Waals surface area contributed by atoms with E-state index in [2.05, 4.69) is 41.8 Å². The Balaban J connectivity index is 1.70. The van der Waals surface area contributed by atoms with Crippen molar-refractivity contribution in [2.45, 2.75) is 50.5 Å². The Kier molecular flexibility index (Phi) is 5.34. The number of benzene rings is 1. The Morgan fingerprint density at radius 1 is 1.35 bits per heavy atom. The molecule has 2 N–H and O–H groups in total. The number of ether oxygens (including phenoxy) is 1. The van der Waals surface area contributed by atoms with E-state index in [0.29, 0.717) is 13.2 Å². The molecule has 0 aromatic heterocycles. The van der Waals surface area contributed by atoms with Crippen LogP contribution < -0.4 is 10.6 Å². The van der Waals surface area contributed by atoms with Gasteiger partial charge < -0.3 is 15.4 Å². The summed E-state index contributed by atoms with van der Waals surface area (Å²) in [7, 11) is 0. The van der Waals surface area contributed by atoms with Crippen molar-refractivity contribution in [3.63, 3.8) is 0 Å². The molecule has 1 amide bonds. The number of rotatable bonds is 4. The molecule has 2 aliphatic rings. The van der Waals surface area contributed by atoms with Gasteiger partial charge in [0.1, 0.15) is 6.10 Å². The van der Waals surface area contributed by atoms with E-state index in [-0.39, 0.29) is 17.4 Å². The van der Waals surface area contributed by atoms with Crippen LogP contribution in [0, 0.1) is 6.92 Å². The van der Waals surface area contributed by atoms with Crippen LogP contribution in [-0.2, 0) is 14.9 Å². The number of hydrogen-bond donors (Lipinski definition) is 2. The summed E-state index contributed by atoms with van der Waals surface area (Å²) >= 11 is 0. The summed E-state index contributed by atoms with van der Waals surface area (Å²) in [6.07, 6.45) is 5.75. The summed E-state index contributed by atoms with van der Waals surface area (Å²) in [6, 6.07) is 8.79. The monoisotopic (exact) mass is 316 g/mol. The van der Waals surface area contributed by atoms with Crippen LogP contribution in [0.4, 0.5) is 0 Å². The lowest BCUT2D eigenvalue weighted by Gasteiger charge is -2.38. The van der Waals surface area contributed by atoms with Crippen LogP contribution in [0.3, 0.4) is 0 Å². The van der Waals surface area contributed by atoms with Gasteiger partial charge in [-0.1, -0.05) is 49.1 Å². The molecule has 3 rings (SSSR count). The van der Waals surface area contributed by atoms with Crippen molar-refractivity contribution in [2.24, 2.45) is 0 Å². The van der Waals surface area contributed by atoms with E-state index in [4.69, 9.17) is 4.74 Å². The first-order valence-corrected chi connectivity index (χ1v) is 8.87. The molecule has 1 aromatic carbocycles. The molecular formula is C19H28N2O2. The lowest BCUT2D eigenvalue weighted by molar-refractivity contribution is -0.134. The molecule has 1 unspecified atom stereocenters. The Hall–Kier alpha value is -1.39. The first kappa shape index (κ1) is 16.5. The van der Waals surface area contributed by atoms with Gasteiger partial charge in [-0.25, -0.2) is 0 Å². The van der Waals surface area contributed by atoms with Crippen LogP contribution in [0.2, 0.25) is 0 Å². The second kappa shape index (κ2) is 7.45. The molecule has 1 aliphatic carbocycles. The third-order valence-corrected chi connectivity index (χ3v) is 5.26. The molecule has 1 heterocycles.